The van der Waals surface area contributed by atoms with Crippen molar-refractivity contribution in [1.82, 2.24) is 0 Å². The smallest absolute Gasteiger partial charge is 0.335 e. The van der Waals surface area contributed by atoms with Gasteiger partial charge in [0, 0.05) is 28.8 Å². The van der Waals surface area contributed by atoms with E-state index < -0.39 is 7.60 Å². The first-order valence-corrected chi connectivity index (χ1v) is 10.3. The highest BCUT2D eigenvalue weighted by atomic mass is 79.9. The second-order valence-corrected chi connectivity index (χ2v) is 8.17. The molecule has 0 aliphatic carbocycles. The van der Waals surface area contributed by atoms with E-state index in [0.717, 1.165) is 21.9 Å². The van der Waals surface area contributed by atoms with E-state index in [1.807, 2.05) is 31.3 Å². The zero-order valence-corrected chi connectivity index (χ0v) is 15.3. The summed E-state index contributed by atoms with van der Waals surface area (Å²) in [6.45, 7) is 0.866. The molecule has 1 saturated heterocycles. The highest BCUT2D eigenvalue weighted by Crippen LogP contribution is 2.57. The standard InChI is InChI=1S/C13H18Br2NO3P/c1-16-12-5-3-2-4-11(12)6-20(17)18-9-13(7-14,8-15)10-19-20/h2-5,16H,6-10H2,1H3. The summed E-state index contributed by atoms with van der Waals surface area (Å²) in [5, 5.41) is 4.59. The van der Waals surface area contributed by atoms with Crippen molar-refractivity contribution in [2.24, 2.45) is 5.41 Å². The third-order valence-electron chi connectivity index (χ3n) is 3.35. The Bertz CT molecular complexity index is 494. The van der Waals surface area contributed by atoms with Crippen LogP contribution in [-0.4, -0.2) is 30.9 Å². The minimum absolute atomic E-state index is 0.142. The number of alkyl halides is 2. The molecule has 0 spiro atoms. The van der Waals surface area contributed by atoms with E-state index in [1.54, 1.807) is 0 Å². The first kappa shape index (κ1) is 16.5. The van der Waals surface area contributed by atoms with Gasteiger partial charge < -0.3 is 14.4 Å². The number of rotatable bonds is 5. The molecule has 1 fully saturated rings. The molecule has 0 saturated carbocycles. The molecule has 1 N–H and O–H groups in total. The Kier molecular flexibility index (Phi) is 5.71. The lowest BCUT2D eigenvalue weighted by Gasteiger charge is -2.37. The van der Waals surface area contributed by atoms with Crippen molar-refractivity contribution in [3.05, 3.63) is 29.8 Å². The predicted octanol–water partition coefficient (Wildman–Crippen LogP) is 4.24. The van der Waals surface area contributed by atoms with Crippen molar-refractivity contribution < 1.29 is 13.6 Å². The van der Waals surface area contributed by atoms with Gasteiger partial charge >= 0.3 is 7.60 Å². The second-order valence-electron chi connectivity index (χ2n) is 4.99. The molecular formula is C13H18Br2NO3P. The third kappa shape index (κ3) is 3.66. The van der Waals surface area contributed by atoms with Gasteiger partial charge in [-0.15, -0.1) is 0 Å². The molecule has 2 rings (SSSR count). The van der Waals surface area contributed by atoms with Crippen LogP contribution >= 0.6 is 39.5 Å². The number of para-hydroxylation sites is 1. The number of halogens is 2. The molecule has 1 heterocycles. The van der Waals surface area contributed by atoms with Crippen LogP contribution in [0.15, 0.2) is 24.3 Å². The lowest BCUT2D eigenvalue weighted by atomic mass is 9.96. The Balaban J connectivity index is 2.09. The fourth-order valence-corrected chi connectivity index (χ4v) is 5.41. The summed E-state index contributed by atoms with van der Waals surface area (Å²) >= 11 is 6.93. The normalized spacial score (nSPS) is 20.6. The van der Waals surface area contributed by atoms with Gasteiger partial charge in [0.1, 0.15) is 0 Å². The molecule has 7 heteroatoms. The molecule has 1 aliphatic heterocycles. The monoisotopic (exact) mass is 425 g/mol. The maximum atomic E-state index is 12.7. The van der Waals surface area contributed by atoms with Crippen LogP contribution in [0.4, 0.5) is 5.69 Å². The van der Waals surface area contributed by atoms with Gasteiger partial charge in [0.05, 0.1) is 19.4 Å². The lowest BCUT2D eigenvalue weighted by molar-refractivity contribution is 0.0485. The molecule has 0 bridgehead atoms. The minimum atomic E-state index is -3.06. The molecule has 1 aliphatic rings. The van der Waals surface area contributed by atoms with Gasteiger partial charge in [-0.05, 0) is 11.6 Å². The van der Waals surface area contributed by atoms with Crippen molar-refractivity contribution in [1.29, 1.82) is 0 Å². The summed E-state index contributed by atoms with van der Waals surface area (Å²) in [4.78, 5) is 0. The maximum Gasteiger partial charge on any atom is 0.335 e. The van der Waals surface area contributed by atoms with Crippen LogP contribution in [0.3, 0.4) is 0 Å². The molecule has 20 heavy (non-hydrogen) atoms. The van der Waals surface area contributed by atoms with Crippen molar-refractivity contribution in [2.75, 3.05) is 36.2 Å². The summed E-state index contributed by atoms with van der Waals surface area (Å²) in [7, 11) is -1.22. The van der Waals surface area contributed by atoms with Crippen molar-refractivity contribution in [3.63, 3.8) is 0 Å². The molecular weight excluding hydrogens is 409 g/mol. The first-order valence-electron chi connectivity index (χ1n) is 6.32. The van der Waals surface area contributed by atoms with Gasteiger partial charge in [0.15, 0.2) is 0 Å². The molecule has 1 aromatic carbocycles. The van der Waals surface area contributed by atoms with Crippen molar-refractivity contribution in [2.45, 2.75) is 6.16 Å². The van der Waals surface area contributed by atoms with Crippen LogP contribution in [0, 0.1) is 5.41 Å². The molecule has 0 atom stereocenters. The van der Waals surface area contributed by atoms with Gasteiger partial charge in [0.2, 0.25) is 0 Å². The fraction of sp³-hybridized carbons (Fsp3) is 0.538. The highest BCUT2D eigenvalue weighted by Gasteiger charge is 2.41. The Hall–Kier alpha value is 0.130. The van der Waals surface area contributed by atoms with E-state index in [9.17, 15) is 4.57 Å². The van der Waals surface area contributed by atoms with Crippen LogP contribution in [0.5, 0.6) is 0 Å². The summed E-state index contributed by atoms with van der Waals surface area (Å²) in [6, 6.07) is 7.75. The third-order valence-corrected chi connectivity index (χ3v) is 7.50. The van der Waals surface area contributed by atoms with E-state index in [0.29, 0.717) is 19.4 Å². The second kappa shape index (κ2) is 6.93. The number of hydrogen-bond donors (Lipinski definition) is 1. The quantitative estimate of drug-likeness (QED) is 0.564. The molecule has 0 aromatic heterocycles. The molecule has 0 radical (unpaired) electrons. The Morgan fingerprint density at radius 3 is 2.40 bits per heavy atom. The van der Waals surface area contributed by atoms with Crippen molar-refractivity contribution >= 4 is 45.1 Å². The fourth-order valence-electron chi connectivity index (χ4n) is 1.94. The van der Waals surface area contributed by atoms with Crippen molar-refractivity contribution in [3.8, 4) is 0 Å². The van der Waals surface area contributed by atoms with Gasteiger partial charge in [-0.1, -0.05) is 50.1 Å². The van der Waals surface area contributed by atoms with E-state index in [-0.39, 0.29) is 5.41 Å². The number of anilines is 1. The van der Waals surface area contributed by atoms with Gasteiger partial charge in [0.25, 0.3) is 0 Å². The number of benzene rings is 1. The average molecular weight is 427 g/mol. The van der Waals surface area contributed by atoms with E-state index in [1.165, 1.54) is 0 Å². The molecule has 4 nitrogen and oxygen atoms in total. The van der Waals surface area contributed by atoms with E-state index >= 15 is 0 Å². The topological polar surface area (TPSA) is 47.6 Å². The largest absolute Gasteiger partial charge is 0.388 e. The first-order chi connectivity index (χ1) is 9.56. The van der Waals surface area contributed by atoms with Gasteiger partial charge in [-0.2, -0.15) is 0 Å². The van der Waals surface area contributed by atoms with Crippen LogP contribution in [-0.2, 0) is 19.8 Å². The molecule has 0 amide bonds. The van der Waals surface area contributed by atoms with Crippen LogP contribution in [0.25, 0.3) is 0 Å². The molecule has 112 valence electrons. The summed E-state index contributed by atoms with van der Waals surface area (Å²) in [5.74, 6) is 0. The summed E-state index contributed by atoms with van der Waals surface area (Å²) < 4.78 is 23.9. The minimum Gasteiger partial charge on any atom is -0.388 e. The Labute approximate surface area is 136 Å². The predicted molar refractivity (Wildman–Crippen MR) is 89.2 cm³/mol. The molecule has 0 unspecified atom stereocenters. The SMILES string of the molecule is CNc1ccccc1CP1(=O)OCC(CBr)(CBr)CO1. The number of nitrogens with one attached hydrogen (secondary N) is 1. The Morgan fingerprint density at radius 1 is 1.25 bits per heavy atom. The average Bonchev–Trinajstić information content (AvgIpc) is 2.49. The lowest BCUT2D eigenvalue weighted by Crippen LogP contribution is -2.38. The van der Waals surface area contributed by atoms with E-state index in [2.05, 4.69) is 37.2 Å². The Morgan fingerprint density at radius 2 is 1.85 bits per heavy atom. The van der Waals surface area contributed by atoms with Gasteiger partial charge in [-0.25, -0.2) is 0 Å². The molecule has 1 aromatic rings. The van der Waals surface area contributed by atoms with Crippen LogP contribution < -0.4 is 5.32 Å². The summed E-state index contributed by atoms with van der Waals surface area (Å²) in [6.07, 6.45) is 0.296. The van der Waals surface area contributed by atoms with Gasteiger partial charge in [-0.3, -0.25) is 4.57 Å². The number of hydrogen-bond acceptors (Lipinski definition) is 4. The highest BCUT2D eigenvalue weighted by molar-refractivity contribution is 9.09. The summed E-state index contributed by atoms with van der Waals surface area (Å²) in [5.41, 5.74) is 1.76. The zero-order valence-electron chi connectivity index (χ0n) is 11.3. The maximum absolute atomic E-state index is 12.7. The van der Waals surface area contributed by atoms with E-state index in [4.69, 9.17) is 9.05 Å². The van der Waals surface area contributed by atoms with Crippen LogP contribution in [0.1, 0.15) is 5.56 Å². The zero-order chi connectivity index (χ0) is 14.6. The van der Waals surface area contributed by atoms with Crippen LogP contribution in [0.2, 0.25) is 0 Å².